The Morgan fingerprint density at radius 1 is 1.23 bits per heavy atom. The van der Waals surface area contributed by atoms with E-state index in [1.807, 2.05) is 12.1 Å². The molecule has 0 aliphatic carbocycles. The number of rotatable bonds is 5. The second kappa shape index (κ2) is 6.79. The highest BCUT2D eigenvalue weighted by Gasteiger charge is 2.30. The molecule has 3 N–H and O–H groups in total. The topological polar surface area (TPSA) is 89.9 Å². The lowest BCUT2D eigenvalue weighted by molar-refractivity contribution is -0.155. The summed E-state index contributed by atoms with van der Waals surface area (Å²) < 4.78 is 0. The molecule has 6 nitrogen and oxygen atoms in total. The molecule has 0 aromatic heterocycles. The molecule has 2 rings (SSSR count). The van der Waals surface area contributed by atoms with Crippen LogP contribution < -0.4 is 10.2 Å². The number of carbonyl (C=O) groups is 2. The number of benzene rings is 1. The monoisotopic (exact) mass is 306 g/mol. The Hall–Kier alpha value is -2.08. The largest absolute Gasteiger partial charge is 0.479 e. The normalized spacial score (nSPS) is 17.6. The average Bonchev–Trinajstić information content (AvgIpc) is 2.53. The van der Waals surface area contributed by atoms with Crippen molar-refractivity contribution in [3.63, 3.8) is 0 Å². The molecule has 1 atom stereocenters. The summed E-state index contributed by atoms with van der Waals surface area (Å²) in [5.74, 6) is -1.74. The molecule has 0 bridgehead atoms. The molecular formula is C16H22N2O4. The maximum atomic E-state index is 12.3. The Kier molecular flexibility index (Phi) is 5.03. The number of nitrogens with zero attached hydrogens (tertiary/aromatic N) is 1. The third-order valence-electron chi connectivity index (χ3n) is 3.90. The van der Waals surface area contributed by atoms with Gasteiger partial charge in [0.15, 0.2) is 5.60 Å². The molecule has 120 valence electrons. The fourth-order valence-corrected chi connectivity index (χ4v) is 2.50. The van der Waals surface area contributed by atoms with Crippen LogP contribution >= 0.6 is 0 Å². The first-order chi connectivity index (χ1) is 10.4. The fourth-order valence-electron chi connectivity index (χ4n) is 2.50. The van der Waals surface area contributed by atoms with E-state index in [0.29, 0.717) is 5.56 Å². The van der Waals surface area contributed by atoms with Gasteiger partial charge in [0.2, 0.25) is 0 Å². The second-order valence-corrected chi connectivity index (χ2v) is 5.83. The number of carbonyl (C=O) groups excluding carboxylic acids is 1. The van der Waals surface area contributed by atoms with Crippen molar-refractivity contribution in [2.24, 2.45) is 0 Å². The van der Waals surface area contributed by atoms with Crippen LogP contribution in [0, 0.1) is 0 Å². The van der Waals surface area contributed by atoms with E-state index < -0.39 is 11.6 Å². The van der Waals surface area contributed by atoms with E-state index in [4.69, 9.17) is 5.11 Å². The molecule has 1 amide bonds. The van der Waals surface area contributed by atoms with Crippen molar-refractivity contribution in [1.29, 1.82) is 0 Å². The predicted molar refractivity (Wildman–Crippen MR) is 83.1 cm³/mol. The van der Waals surface area contributed by atoms with E-state index in [0.717, 1.165) is 38.5 Å². The number of carboxylic acid groups (broad SMARTS) is 1. The molecule has 0 radical (unpaired) electrons. The van der Waals surface area contributed by atoms with Gasteiger partial charge in [-0.1, -0.05) is 12.1 Å². The summed E-state index contributed by atoms with van der Waals surface area (Å²) in [6.07, 6.45) is 3.40. The van der Waals surface area contributed by atoms with Gasteiger partial charge in [-0.25, -0.2) is 4.79 Å². The molecular weight excluding hydrogens is 284 g/mol. The van der Waals surface area contributed by atoms with Gasteiger partial charge >= 0.3 is 5.97 Å². The predicted octanol–water partition coefficient (Wildman–Crippen LogP) is 1.24. The van der Waals surface area contributed by atoms with E-state index >= 15 is 0 Å². The zero-order valence-corrected chi connectivity index (χ0v) is 12.7. The highest BCUT2D eigenvalue weighted by molar-refractivity contribution is 6.00. The number of piperidine rings is 1. The molecule has 6 heteroatoms. The van der Waals surface area contributed by atoms with Crippen molar-refractivity contribution in [2.45, 2.75) is 31.8 Å². The van der Waals surface area contributed by atoms with Gasteiger partial charge in [0, 0.05) is 18.8 Å². The van der Waals surface area contributed by atoms with Crippen LogP contribution in [0.5, 0.6) is 0 Å². The van der Waals surface area contributed by atoms with Crippen LogP contribution in [0.25, 0.3) is 0 Å². The smallest absolute Gasteiger partial charge is 0.337 e. The number of aliphatic hydroxyl groups is 1. The first-order valence-corrected chi connectivity index (χ1v) is 7.50. The summed E-state index contributed by atoms with van der Waals surface area (Å²) in [7, 11) is 0. The number of hydrogen-bond acceptors (Lipinski definition) is 4. The maximum absolute atomic E-state index is 12.3. The van der Waals surface area contributed by atoms with Gasteiger partial charge in [-0.05, 0) is 38.3 Å². The molecule has 1 heterocycles. The Morgan fingerprint density at radius 2 is 1.86 bits per heavy atom. The molecule has 1 aromatic carbocycles. The number of nitrogens with one attached hydrogen (secondary N) is 1. The quantitative estimate of drug-likeness (QED) is 0.761. The third kappa shape index (κ3) is 3.76. The fraction of sp³-hybridized carbons (Fsp3) is 0.500. The first kappa shape index (κ1) is 16.3. The minimum absolute atomic E-state index is 0.338. The van der Waals surface area contributed by atoms with Crippen molar-refractivity contribution >= 4 is 17.6 Å². The highest BCUT2D eigenvalue weighted by atomic mass is 16.4. The lowest BCUT2D eigenvalue weighted by Crippen LogP contribution is -2.46. The summed E-state index contributed by atoms with van der Waals surface area (Å²) in [6, 6.07) is 7.27. The molecule has 0 spiro atoms. The van der Waals surface area contributed by atoms with Crippen molar-refractivity contribution < 1.29 is 19.8 Å². The zero-order valence-electron chi connectivity index (χ0n) is 12.7. The summed E-state index contributed by atoms with van der Waals surface area (Å²) in [5, 5.41) is 21.1. The van der Waals surface area contributed by atoms with Crippen molar-refractivity contribution in [3.8, 4) is 0 Å². The summed E-state index contributed by atoms with van der Waals surface area (Å²) >= 11 is 0. The second-order valence-electron chi connectivity index (χ2n) is 5.83. The summed E-state index contributed by atoms with van der Waals surface area (Å²) in [6.45, 7) is 2.65. The molecule has 1 saturated heterocycles. The van der Waals surface area contributed by atoms with E-state index in [1.165, 1.54) is 6.42 Å². The van der Waals surface area contributed by atoms with E-state index in [-0.39, 0.29) is 12.5 Å². The Labute approximate surface area is 129 Å². The highest BCUT2D eigenvalue weighted by Crippen LogP contribution is 2.24. The average molecular weight is 306 g/mol. The van der Waals surface area contributed by atoms with Gasteiger partial charge in [-0.2, -0.15) is 0 Å². The molecule has 1 aromatic rings. The maximum Gasteiger partial charge on any atom is 0.337 e. The first-order valence-electron chi connectivity index (χ1n) is 7.50. The van der Waals surface area contributed by atoms with Crippen molar-refractivity contribution in [2.75, 3.05) is 24.5 Å². The van der Waals surface area contributed by atoms with Gasteiger partial charge in [-0.3, -0.25) is 4.79 Å². The number of amides is 1. The number of carboxylic acids is 1. The van der Waals surface area contributed by atoms with Crippen LogP contribution in [-0.4, -0.2) is 47.3 Å². The molecule has 22 heavy (non-hydrogen) atoms. The van der Waals surface area contributed by atoms with Crippen LogP contribution in [0.2, 0.25) is 0 Å². The summed E-state index contributed by atoms with van der Waals surface area (Å²) in [5.41, 5.74) is -0.615. The van der Waals surface area contributed by atoms with E-state index in [9.17, 15) is 14.7 Å². The van der Waals surface area contributed by atoms with Crippen LogP contribution in [0.1, 0.15) is 36.5 Å². The van der Waals surface area contributed by atoms with Crippen molar-refractivity contribution in [1.82, 2.24) is 5.32 Å². The van der Waals surface area contributed by atoms with Gasteiger partial charge in [0.1, 0.15) is 0 Å². The number of para-hydroxylation sites is 1. The molecule has 1 aliphatic heterocycles. The molecule has 1 fully saturated rings. The van der Waals surface area contributed by atoms with Gasteiger partial charge in [0.25, 0.3) is 5.91 Å². The van der Waals surface area contributed by atoms with E-state index in [1.54, 1.807) is 12.1 Å². The molecule has 1 unspecified atom stereocenters. The Bertz CT molecular complexity index is 551. The minimum Gasteiger partial charge on any atom is -0.479 e. The van der Waals surface area contributed by atoms with Crippen LogP contribution in [0.4, 0.5) is 5.69 Å². The third-order valence-corrected chi connectivity index (χ3v) is 3.90. The minimum atomic E-state index is -1.98. The zero-order chi connectivity index (χ0) is 16.2. The van der Waals surface area contributed by atoms with Crippen LogP contribution in [0.3, 0.4) is 0 Å². The molecule has 0 saturated carbocycles. The van der Waals surface area contributed by atoms with Crippen LogP contribution in [0.15, 0.2) is 24.3 Å². The van der Waals surface area contributed by atoms with Gasteiger partial charge < -0.3 is 20.4 Å². The van der Waals surface area contributed by atoms with Crippen LogP contribution in [-0.2, 0) is 4.79 Å². The number of aliphatic carboxylic acids is 1. The van der Waals surface area contributed by atoms with Gasteiger partial charge in [-0.15, -0.1) is 0 Å². The number of anilines is 1. The SMILES string of the molecule is CC(O)(CNC(=O)c1ccccc1N1CCCCC1)C(=O)O. The van der Waals surface area contributed by atoms with E-state index in [2.05, 4.69) is 10.2 Å². The van der Waals surface area contributed by atoms with Crippen molar-refractivity contribution in [3.05, 3.63) is 29.8 Å². The Balaban J connectivity index is 2.11. The standard InChI is InChI=1S/C16H22N2O4/c1-16(22,15(20)21)11-17-14(19)12-7-3-4-8-13(12)18-9-5-2-6-10-18/h3-4,7-8,22H,2,5-6,9-11H2,1H3,(H,17,19)(H,20,21). The Morgan fingerprint density at radius 3 is 2.50 bits per heavy atom. The number of hydrogen-bond donors (Lipinski definition) is 3. The lowest BCUT2D eigenvalue weighted by Gasteiger charge is -2.30. The summed E-state index contributed by atoms with van der Waals surface area (Å²) in [4.78, 5) is 25.4. The van der Waals surface area contributed by atoms with Gasteiger partial charge in [0.05, 0.1) is 12.1 Å². The lowest BCUT2D eigenvalue weighted by atomic mass is 10.1. The molecule has 1 aliphatic rings.